The fraction of sp³-hybridized carbons (Fsp3) is 0. The molecule has 0 radical (unpaired) electrons. The van der Waals surface area contributed by atoms with E-state index in [-0.39, 0.29) is 0 Å². The minimum atomic E-state index is -1.24. The molecule has 0 aliphatic carbocycles. The molecule has 9 nitrogen and oxygen atoms in total. The number of nitro groups is 2. The number of hydrogen-bond acceptors (Lipinski definition) is 6. The summed E-state index contributed by atoms with van der Waals surface area (Å²) in [6, 6.07) is 1.17. The number of aromatic hydroxyl groups is 1. The van der Waals surface area contributed by atoms with E-state index in [2.05, 4.69) is 0 Å². The van der Waals surface area contributed by atoms with E-state index in [0.29, 0.717) is 12.1 Å². The number of non-ortho nitro benzene ring substituents is 1. The van der Waals surface area contributed by atoms with Crippen molar-refractivity contribution < 1.29 is 19.7 Å². The molecule has 0 saturated heterocycles. The number of nitro benzene ring substituents is 2. The summed E-state index contributed by atoms with van der Waals surface area (Å²) in [4.78, 5) is 29.7. The topological polar surface area (TPSA) is 150 Å². The summed E-state index contributed by atoms with van der Waals surface area (Å²) in [6.07, 6.45) is 0. The first-order chi connectivity index (χ1) is 7.34. The van der Waals surface area contributed by atoms with Crippen molar-refractivity contribution in [2.24, 2.45) is 5.73 Å². The summed E-state index contributed by atoms with van der Waals surface area (Å²) in [6.45, 7) is 0. The molecule has 0 bridgehead atoms. The van der Waals surface area contributed by atoms with Crippen LogP contribution in [0.4, 0.5) is 11.4 Å². The van der Waals surface area contributed by atoms with Crippen LogP contribution < -0.4 is 5.73 Å². The van der Waals surface area contributed by atoms with Crippen molar-refractivity contribution in [2.75, 3.05) is 0 Å². The molecule has 1 aromatic carbocycles. The lowest BCUT2D eigenvalue weighted by Crippen LogP contribution is -2.14. The Morgan fingerprint density at radius 3 is 2.19 bits per heavy atom. The molecule has 0 aliphatic heterocycles. The van der Waals surface area contributed by atoms with Gasteiger partial charge in [-0.1, -0.05) is 0 Å². The van der Waals surface area contributed by atoms with Gasteiger partial charge in [-0.3, -0.25) is 25.0 Å². The van der Waals surface area contributed by atoms with E-state index in [1.54, 1.807) is 0 Å². The third-order valence-electron chi connectivity index (χ3n) is 1.74. The average Bonchev–Trinajstić information content (AvgIpc) is 2.15. The number of hydrogen-bond donors (Lipinski definition) is 2. The molecule has 1 aromatic rings. The van der Waals surface area contributed by atoms with E-state index in [0.717, 1.165) is 0 Å². The molecule has 0 spiro atoms. The van der Waals surface area contributed by atoms with Gasteiger partial charge < -0.3 is 10.8 Å². The van der Waals surface area contributed by atoms with Crippen LogP contribution in [-0.2, 0) is 0 Å². The van der Waals surface area contributed by atoms with Gasteiger partial charge in [0.25, 0.3) is 17.3 Å². The highest BCUT2D eigenvalue weighted by molar-refractivity contribution is 6.00. The Morgan fingerprint density at radius 1 is 1.25 bits per heavy atom. The van der Waals surface area contributed by atoms with Crippen LogP contribution in [-0.4, -0.2) is 20.9 Å². The lowest BCUT2D eigenvalue weighted by atomic mass is 10.1. The second kappa shape index (κ2) is 3.81. The third kappa shape index (κ3) is 1.87. The summed E-state index contributed by atoms with van der Waals surface area (Å²) in [5.74, 6) is -2.13. The SMILES string of the molecule is NC(=O)c1c(O)cc([N+](=O)[O-])cc1[N+](=O)[O-]. The lowest BCUT2D eigenvalue weighted by Gasteiger charge is -2.01. The zero-order valence-electron chi connectivity index (χ0n) is 7.61. The molecular formula is C7H5N3O6. The van der Waals surface area contributed by atoms with Gasteiger partial charge in [0.15, 0.2) is 5.56 Å². The maximum absolute atomic E-state index is 10.8. The number of carbonyl (C=O) groups is 1. The van der Waals surface area contributed by atoms with Crippen LogP contribution in [0.2, 0.25) is 0 Å². The molecule has 0 aliphatic rings. The first-order valence-corrected chi connectivity index (χ1v) is 3.80. The number of nitrogens with zero attached hydrogens (tertiary/aromatic N) is 2. The first kappa shape index (κ1) is 11.4. The molecule has 0 saturated carbocycles. The Hall–Kier alpha value is -2.71. The van der Waals surface area contributed by atoms with E-state index in [4.69, 9.17) is 5.73 Å². The van der Waals surface area contributed by atoms with Crippen LogP contribution in [0.1, 0.15) is 10.4 Å². The van der Waals surface area contributed by atoms with Crippen molar-refractivity contribution in [1.82, 2.24) is 0 Å². The van der Waals surface area contributed by atoms with Crippen molar-refractivity contribution in [3.8, 4) is 5.75 Å². The van der Waals surface area contributed by atoms with Crippen LogP contribution >= 0.6 is 0 Å². The number of rotatable bonds is 3. The Kier molecular flexibility index (Phi) is 2.70. The highest BCUT2D eigenvalue weighted by Crippen LogP contribution is 2.32. The van der Waals surface area contributed by atoms with Crippen LogP contribution in [0, 0.1) is 20.2 Å². The van der Waals surface area contributed by atoms with Gasteiger partial charge in [0.1, 0.15) is 5.75 Å². The molecule has 9 heteroatoms. The molecule has 0 aromatic heterocycles. The van der Waals surface area contributed by atoms with E-state index < -0.39 is 38.4 Å². The molecule has 0 fully saturated rings. The number of carbonyl (C=O) groups excluding carboxylic acids is 1. The van der Waals surface area contributed by atoms with Crippen LogP contribution in [0.5, 0.6) is 5.75 Å². The fourth-order valence-corrected chi connectivity index (χ4v) is 1.10. The predicted molar refractivity (Wildman–Crippen MR) is 49.9 cm³/mol. The van der Waals surface area contributed by atoms with Gasteiger partial charge >= 0.3 is 0 Å². The number of nitrogens with two attached hydrogens (primary N) is 1. The third-order valence-corrected chi connectivity index (χ3v) is 1.74. The summed E-state index contributed by atoms with van der Waals surface area (Å²) < 4.78 is 0. The molecule has 0 unspecified atom stereocenters. The fourth-order valence-electron chi connectivity index (χ4n) is 1.10. The quantitative estimate of drug-likeness (QED) is 0.560. The van der Waals surface area contributed by atoms with Gasteiger partial charge in [-0.2, -0.15) is 0 Å². The van der Waals surface area contributed by atoms with Crippen LogP contribution in [0.15, 0.2) is 12.1 Å². The maximum atomic E-state index is 10.8. The molecule has 3 N–H and O–H groups in total. The van der Waals surface area contributed by atoms with Gasteiger partial charge in [-0.05, 0) is 0 Å². The normalized spacial score (nSPS) is 9.75. The molecule has 16 heavy (non-hydrogen) atoms. The zero-order valence-corrected chi connectivity index (χ0v) is 7.61. The van der Waals surface area contributed by atoms with Gasteiger partial charge in [0, 0.05) is 0 Å². The summed E-state index contributed by atoms with van der Waals surface area (Å²) in [5, 5.41) is 30.1. The van der Waals surface area contributed by atoms with Crippen molar-refractivity contribution in [3.05, 3.63) is 37.9 Å². The molecular weight excluding hydrogens is 222 g/mol. The number of primary amides is 1. The molecule has 1 amide bonds. The van der Waals surface area contributed by atoms with Crippen LogP contribution in [0.25, 0.3) is 0 Å². The Bertz CT molecular complexity index is 497. The highest BCUT2D eigenvalue weighted by Gasteiger charge is 2.27. The second-order valence-corrected chi connectivity index (χ2v) is 2.74. The second-order valence-electron chi connectivity index (χ2n) is 2.74. The standard InChI is InChI=1S/C7H5N3O6/c8-7(12)6-4(10(15)16)1-3(9(13)14)2-5(6)11/h1-2,11H,(H2,8,12). The van der Waals surface area contributed by atoms with E-state index in [1.165, 1.54) is 0 Å². The minimum Gasteiger partial charge on any atom is -0.507 e. The van der Waals surface area contributed by atoms with Crippen molar-refractivity contribution in [2.45, 2.75) is 0 Å². The van der Waals surface area contributed by atoms with Crippen molar-refractivity contribution in [1.29, 1.82) is 0 Å². The largest absolute Gasteiger partial charge is 0.507 e. The number of amides is 1. The summed E-state index contributed by atoms with van der Waals surface area (Å²) in [7, 11) is 0. The Labute approximate surface area is 87.4 Å². The molecule has 1 rings (SSSR count). The molecule has 84 valence electrons. The van der Waals surface area contributed by atoms with Crippen molar-refractivity contribution >= 4 is 17.3 Å². The maximum Gasteiger partial charge on any atom is 0.292 e. The summed E-state index contributed by atoms with van der Waals surface area (Å²) >= 11 is 0. The van der Waals surface area contributed by atoms with Crippen LogP contribution in [0.3, 0.4) is 0 Å². The van der Waals surface area contributed by atoms with Crippen molar-refractivity contribution in [3.63, 3.8) is 0 Å². The van der Waals surface area contributed by atoms with E-state index in [9.17, 15) is 30.1 Å². The minimum absolute atomic E-state index is 0.555. The average molecular weight is 227 g/mol. The van der Waals surface area contributed by atoms with Gasteiger partial charge in [-0.25, -0.2) is 0 Å². The van der Waals surface area contributed by atoms with E-state index >= 15 is 0 Å². The van der Waals surface area contributed by atoms with Gasteiger partial charge in [0.2, 0.25) is 0 Å². The lowest BCUT2D eigenvalue weighted by molar-refractivity contribution is -0.394. The number of phenols is 1. The number of benzene rings is 1. The van der Waals surface area contributed by atoms with E-state index in [1.807, 2.05) is 0 Å². The smallest absolute Gasteiger partial charge is 0.292 e. The molecule has 0 atom stereocenters. The predicted octanol–water partition coefficient (Wildman–Crippen LogP) is 0.307. The van der Waals surface area contributed by atoms with Gasteiger partial charge in [0.05, 0.1) is 22.0 Å². The van der Waals surface area contributed by atoms with Gasteiger partial charge in [-0.15, -0.1) is 0 Å². The Balaban J connectivity index is 3.58. The zero-order chi connectivity index (χ0) is 12.5. The monoisotopic (exact) mass is 227 g/mol. The highest BCUT2D eigenvalue weighted by atomic mass is 16.6. The Morgan fingerprint density at radius 2 is 1.81 bits per heavy atom. The first-order valence-electron chi connectivity index (χ1n) is 3.80. The summed E-state index contributed by atoms with van der Waals surface area (Å²) in [5.41, 5.74) is 2.45. The molecule has 0 heterocycles.